The highest BCUT2D eigenvalue weighted by molar-refractivity contribution is 5.47. The van der Waals surface area contributed by atoms with Crippen molar-refractivity contribution in [3.8, 4) is 0 Å². The Bertz CT molecular complexity index is 281. The van der Waals surface area contributed by atoms with Crippen LogP contribution in [0.4, 0.5) is 5.69 Å². The van der Waals surface area contributed by atoms with Gasteiger partial charge in [-0.15, -0.1) is 0 Å². The summed E-state index contributed by atoms with van der Waals surface area (Å²) < 4.78 is 0. The third-order valence-electron chi connectivity index (χ3n) is 2.89. The van der Waals surface area contributed by atoms with Crippen LogP contribution in [0.25, 0.3) is 0 Å². The van der Waals surface area contributed by atoms with Gasteiger partial charge in [0.15, 0.2) is 0 Å². The maximum Gasteiger partial charge on any atom is 0.0681 e. The van der Waals surface area contributed by atoms with Gasteiger partial charge in [0.2, 0.25) is 0 Å². The minimum atomic E-state index is 0.120. The smallest absolute Gasteiger partial charge is 0.0681 e. The van der Waals surface area contributed by atoms with E-state index < -0.39 is 0 Å². The zero-order valence-electron chi connectivity index (χ0n) is 9.90. The first-order chi connectivity index (χ1) is 7.19. The monoisotopic (exact) mass is 207 g/mol. The number of benzene rings is 1. The van der Waals surface area contributed by atoms with Crippen molar-refractivity contribution in [1.82, 2.24) is 0 Å². The lowest BCUT2D eigenvalue weighted by Crippen LogP contribution is -2.28. The van der Waals surface area contributed by atoms with E-state index in [-0.39, 0.29) is 6.61 Å². The number of rotatable bonds is 5. The Hall–Kier alpha value is -1.02. The third kappa shape index (κ3) is 3.24. The predicted molar refractivity (Wildman–Crippen MR) is 65.1 cm³/mol. The van der Waals surface area contributed by atoms with Crippen LogP contribution in [0.5, 0.6) is 0 Å². The summed E-state index contributed by atoms with van der Waals surface area (Å²) in [6.45, 7) is 4.57. The molecule has 0 saturated carbocycles. The third-order valence-corrected chi connectivity index (χ3v) is 2.89. The van der Waals surface area contributed by atoms with E-state index >= 15 is 0 Å². The molecular formula is C13H21NO. The van der Waals surface area contributed by atoms with E-state index in [9.17, 15) is 0 Å². The lowest BCUT2D eigenvalue weighted by molar-refractivity contribution is 0.282. The minimum absolute atomic E-state index is 0.120. The normalized spacial score (nSPS) is 12.5. The molecule has 1 aromatic rings. The van der Waals surface area contributed by atoms with Crippen LogP contribution in [-0.4, -0.2) is 18.2 Å². The molecule has 0 bridgehead atoms. The summed E-state index contributed by atoms with van der Waals surface area (Å²) in [6.07, 6.45) is 2.42. The molecular weight excluding hydrogens is 186 g/mol. The van der Waals surface area contributed by atoms with Crippen molar-refractivity contribution >= 4 is 5.69 Å². The van der Waals surface area contributed by atoms with Gasteiger partial charge in [-0.2, -0.15) is 0 Å². The Morgan fingerprint density at radius 1 is 1.27 bits per heavy atom. The van der Waals surface area contributed by atoms with E-state index in [2.05, 4.69) is 37.9 Å². The molecule has 1 aromatic carbocycles. The van der Waals surface area contributed by atoms with Gasteiger partial charge in [0.25, 0.3) is 0 Å². The van der Waals surface area contributed by atoms with Crippen LogP contribution in [0.15, 0.2) is 24.3 Å². The second-order valence-corrected chi connectivity index (χ2v) is 4.07. The standard InChI is InChI=1S/C13H21NO/c1-4-5-11(2)14(3)13-8-6-12(10-15)7-9-13/h6-9,11,15H,4-5,10H2,1-3H3. The van der Waals surface area contributed by atoms with Gasteiger partial charge in [0, 0.05) is 18.8 Å². The van der Waals surface area contributed by atoms with E-state index in [4.69, 9.17) is 5.11 Å². The first kappa shape index (κ1) is 12.1. The second kappa shape index (κ2) is 5.76. The van der Waals surface area contributed by atoms with E-state index in [0.29, 0.717) is 6.04 Å². The summed E-state index contributed by atoms with van der Waals surface area (Å²) in [7, 11) is 2.12. The molecule has 1 unspecified atom stereocenters. The Morgan fingerprint density at radius 3 is 2.33 bits per heavy atom. The number of nitrogens with zero attached hydrogens (tertiary/aromatic N) is 1. The zero-order valence-corrected chi connectivity index (χ0v) is 9.90. The molecule has 2 nitrogen and oxygen atoms in total. The molecule has 0 spiro atoms. The first-order valence-electron chi connectivity index (χ1n) is 5.61. The number of hydrogen-bond acceptors (Lipinski definition) is 2. The maximum absolute atomic E-state index is 8.95. The van der Waals surface area contributed by atoms with Crippen LogP contribution in [0.1, 0.15) is 32.3 Å². The molecule has 1 atom stereocenters. The summed E-state index contributed by atoms with van der Waals surface area (Å²) in [5.74, 6) is 0. The zero-order chi connectivity index (χ0) is 11.3. The predicted octanol–water partition coefficient (Wildman–Crippen LogP) is 2.80. The van der Waals surface area contributed by atoms with E-state index in [1.165, 1.54) is 18.5 Å². The van der Waals surface area contributed by atoms with E-state index in [1.54, 1.807) is 0 Å². The van der Waals surface area contributed by atoms with Gasteiger partial charge in [0.05, 0.1) is 6.61 Å². The quantitative estimate of drug-likeness (QED) is 0.802. The summed E-state index contributed by atoms with van der Waals surface area (Å²) >= 11 is 0. The fraction of sp³-hybridized carbons (Fsp3) is 0.538. The Morgan fingerprint density at radius 2 is 1.87 bits per heavy atom. The average Bonchev–Trinajstić information content (AvgIpc) is 2.28. The van der Waals surface area contributed by atoms with Crippen LogP contribution in [0.3, 0.4) is 0 Å². The highest BCUT2D eigenvalue weighted by Crippen LogP contribution is 2.18. The van der Waals surface area contributed by atoms with Gasteiger partial charge in [-0.3, -0.25) is 0 Å². The molecule has 0 aliphatic heterocycles. The molecule has 1 N–H and O–H groups in total. The molecule has 0 aliphatic carbocycles. The fourth-order valence-corrected chi connectivity index (χ4v) is 1.70. The van der Waals surface area contributed by atoms with Gasteiger partial charge < -0.3 is 10.0 Å². The van der Waals surface area contributed by atoms with Crippen LogP contribution >= 0.6 is 0 Å². The molecule has 0 aliphatic rings. The molecule has 0 radical (unpaired) electrons. The number of aliphatic hydroxyl groups is 1. The second-order valence-electron chi connectivity index (χ2n) is 4.07. The van der Waals surface area contributed by atoms with Crippen molar-refractivity contribution in [1.29, 1.82) is 0 Å². The van der Waals surface area contributed by atoms with Crippen LogP contribution in [0.2, 0.25) is 0 Å². The van der Waals surface area contributed by atoms with Crippen LogP contribution in [-0.2, 0) is 6.61 Å². The topological polar surface area (TPSA) is 23.5 Å². The number of hydrogen-bond donors (Lipinski definition) is 1. The molecule has 1 rings (SSSR count). The molecule has 0 heterocycles. The highest BCUT2D eigenvalue weighted by Gasteiger charge is 2.08. The SMILES string of the molecule is CCCC(C)N(C)c1ccc(CO)cc1. The van der Waals surface area contributed by atoms with Crippen molar-refractivity contribution < 1.29 is 5.11 Å². The van der Waals surface area contributed by atoms with Gasteiger partial charge in [-0.05, 0) is 31.0 Å². The molecule has 0 aromatic heterocycles. The van der Waals surface area contributed by atoms with Crippen molar-refractivity contribution in [2.45, 2.75) is 39.3 Å². The maximum atomic E-state index is 8.95. The molecule has 0 fully saturated rings. The van der Waals surface area contributed by atoms with Gasteiger partial charge in [-0.25, -0.2) is 0 Å². The Kier molecular flexibility index (Phi) is 4.63. The van der Waals surface area contributed by atoms with E-state index in [0.717, 1.165) is 5.56 Å². The lowest BCUT2D eigenvalue weighted by Gasteiger charge is -2.26. The summed E-state index contributed by atoms with van der Waals surface area (Å²) in [5, 5.41) is 8.95. The fourth-order valence-electron chi connectivity index (χ4n) is 1.70. The minimum Gasteiger partial charge on any atom is -0.392 e. The first-order valence-corrected chi connectivity index (χ1v) is 5.61. The van der Waals surface area contributed by atoms with Crippen molar-refractivity contribution in [2.24, 2.45) is 0 Å². The molecule has 0 saturated heterocycles. The van der Waals surface area contributed by atoms with Crippen molar-refractivity contribution in [3.05, 3.63) is 29.8 Å². The Labute approximate surface area is 92.5 Å². The van der Waals surface area contributed by atoms with Crippen LogP contribution in [0, 0.1) is 0 Å². The van der Waals surface area contributed by atoms with Gasteiger partial charge in [-0.1, -0.05) is 25.5 Å². The largest absolute Gasteiger partial charge is 0.392 e. The summed E-state index contributed by atoms with van der Waals surface area (Å²) in [5.41, 5.74) is 2.18. The van der Waals surface area contributed by atoms with Crippen LogP contribution < -0.4 is 4.90 Å². The number of anilines is 1. The number of aliphatic hydroxyl groups excluding tert-OH is 1. The van der Waals surface area contributed by atoms with Crippen molar-refractivity contribution in [2.75, 3.05) is 11.9 Å². The highest BCUT2D eigenvalue weighted by atomic mass is 16.3. The van der Waals surface area contributed by atoms with E-state index in [1.807, 2.05) is 12.1 Å². The molecule has 84 valence electrons. The summed E-state index contributed by atoms with van der Waals surface area (Å²) in [6, 6.07) is 8.65. The molecule has 15 heavy (non-hydrogen) atoms. The molecule has 2 heteroatoms. The average molecular weight is 207 g/mol. The lowest BCUT2D eigenvalue weighted by atomic mass is 10.1. The van der Waals surface area contributed by atoms with Gasteiger partial charge >= 0.3 is 0 Å². The van der Waals surface area contributed by atoms with Gasteiger partial charge in [0.1, 0.15) is 0 Å². The van der Waals surface area contributed by atoms with Crippen molar-refractivity contribution in [3.63, 3.8) is 0 Å². The summed E-state index contributed by atoms with van der Waals surface area (Å²) in [4.78, 5) is 2.28. The Balaban J connectivity index is 2.69. The molecule has 0 amide bonds.